The third-order valence-corrected chi connectivity index (χ3v) is 3.15. The van der Waals surface area contributed by atoms with Crippen LogP contribution in [0.15, 0.2) is 48.4 Å². The molecule has 0 saturated heterocycles. The molecule has 5 nitrogen and oxygen atoms in total. The Kier molecular flexibility index (Phi) is 3.31. The van der Waals surface area contributed by atoms with Gasteiger partial charge >= 0.3 is 0 Å². The zero-order valence-electron chi connectivity index (χ0n) is 11.8. The molecule has 1 aliphatic rings. The lowest BCUT2D eigenvalue weighted by atomic mass is 10.1. The van der Waals surface area contributed by atoms with E-state index < -0.39 is 0 Å². The van der Waals surface area contributed by atoms with Crippen molar-refractivity contribution < 1.29 is 9.53 Å². The number of rotatable bonds is 2. The van der Waals surface area contributed by atoms with Gasteiger partial charge in [-0.05, 0) is 35.9 Å². The largest absolute Gasteiger partial charge is 0.448 e. The summed E-state index contributed by atoms with van der Waals surface area (Å²) in [5.41, 5.74) is 2.00. The molecule has 3 rings (SSSR count). The number of pyridine rings is 1. The van der Waals surface area contributed by atoms with Crippen molar-refractivity contribution in [2.24, 2.45) is 0 Å². The summed E-state index contributed by atoms with van der Waals surface area (Å²) in [6, 6.07) is 11.4. The van der Waals surface area contributed by atoms with Gasteiger partial charge in [0.25, 0.3) is 5.91 Å². The summed E-state index contributed by atoms with van der Waals surface area (Å²) in [5, 5.41) is 2.71. The van der Waals surface area contributed by atoms with Crippen LogP contribution < -0.4 is 15.0 Å². The lowest BCUT2D eigenvalue weighted by Crippen LogP contribution is -2.24. The van der Waals surface area contributed by atoms with Gasteiger partial charge in [0.05, 0.1) is 0 Å². The minimum atomic E-state index is -0.294. The van der Waals surface area contributed by atoms with Crippen LogP contribution in [-0.2, 0) is 4.79 Å². The van der Waals surface area contributed by atoms with Gasteiger partial charge in [-0.25, -0.2) is 4.98 Å². The number of nitrogens with one attached hydrogen (secondary N) is 1. The van der Waals surface area contributed by atoms with E-state index in [1.807, 2.05) is 43.3 Å². The van der Waals surface area contributed by atoms with Crippen molar-refractivity contribution in [3.8, 4) is 5.75 Å². The van der Waals surface area contributed by atoms with E-state index in [1.165, 1.54) is 0 Å². The second-order valence-corrected chi connectivity index (χ2v) is 4.90. The molecule has 5 heteroatoms. The monoisotopic (exact) mass is 281 g/mol. The van der Waals surface area contributed by atoms with E-state index in [1.54, 1.807) is 24.4 Å². The Labute approximate surface area is 122 Å². The van der Waals surface area contributed by atoms with Gasteiger partial charge in [0, 0.05) is 26.0 Å². The van der Waals surface area contributed by atoms with Crippen LogP contribution in [0.2, 0.25) is 0 Å². The Hall–Kier alpha value is -2.82. The molecule has 21 heavy (non-hydrogen) atoms. The molecule has 0 aliphatic carbocycles. The number of ether oxygens (including phenoxy) is 1. The molecule has 0 fully saturated rings. The molecule has 1 aliphatic heterocycles. The van der Waals surface area contributed by atoms with E-state index in [4.69, 9.17) is 4.74 Å². The van der Waals surface area contributed by atoms with Gasteiger partial charge in [0.15, 0.2) is 17.3 Å². The zero-order valence-corrected chi connectivity index (χ0v) is 11.8. The van der Waals surface area contributed by atoms with Gasteiger partial charge in [0.2, 0.25) is 0 Å². The molecule has 2 aromatic rings. The fourth-order valence-corrected chi connectivity index (χ4v) is 2.02. The molecule has 1 aromatic heterocycles. The number of carbonyl (C=O) groups excluding carboxylic acids is 1. The fraction of sp³-hybridized carbons (Fsp3) is 0.125. The molecule has 0 saturated carbocycles. The average Bonchev–Trinajstić information content (AvgIpc) is 2.48. The summed E-state index contributed by atoms with van der Waals surface area (Å²) in [5.74, 6) is 0.960. The smallest absolute Gasteiger partial charge is 0.292 e. The van der Waals surface area contributed by atoms with Crippen molar-refractivity contribution in [3.63, 3.8) is 0 Å². The summed E-state index contributed by atoms with van der Waals surface area (Å²) >= 11 is 0. The predicted molar refractivity (Wildman–Crippen MR) is 82.2 cm³/mol. The Bertz CT molecular complexity index is 706. The summed E-state index contributed by atoms with van der Waals surface area (Å²) in [6.07, 6.45) is 3.32. The first-order valence-corrected chi connectivity index (χ1v) is 6.57. The molecule has 0 radical (unpaired) electrons. The molecule has 0 unspecified atom stereocenters. The zero-order chi connectivity index (χ0) is 14.8. The number of amides is 1. The predicted octanol–water partition coefficient (Wildman–Crippen LogP) is 2.52. The molecular weight excluding hydrogens is 266 g/mol. The Balaban J connectivity index is 1.88. The first kappa shape index (κ1) is 13.2. The quantitative estimate of drug-likeness (QED) is 0.859. The fourth-order valence-electron chi connectivity index (χ4n) is 2.02. The number of hydrogen-bond acceptors (Lipinski definition) is 4. The maximum absolute atomic E-state index is 12.0. The van der Waals surface area contributed by atoms with Gasteiger partial charge < -0.3 is 15.0 Å². The first-order valence-electron chi connectivity index (χ1n) is 6.57. The number of fused-ring (bicyclic) bond motifs is 1. The summed E-state index contributed by atoms with van der Waals surface area (Å²) in [7, 11) is 3.96. The molecule has 1 N–H and O–H groups in total. The average molecular weight is 281 g/mol. The Morgan fingerprint density at radius 3 is 2.67 bits per heavy atom. The van der Waals surface area contributed by atoms with E-state index in [0.717, 1.165) is 11.3 Å². The third-order valence-electron chi connectivity index (χ3n) is 3.15. The number of aromatic nitrogens is 1. The van der Waals surface area contributed by atoms with Crippen LogP contribution in [0.5, 0.6) is 5.75 Å². The first-order chi connectivity index (χ1) is 10.1. The Morgan fingerprint density at radius 2 is 1.95 bits per heavy atom. The number of benzene rings is 1. The molecule has 1 amide bonds. The van der Waals surface area contributed by atoms with Gasteiger partial charge in [-0.1, -0.05) is 12.1 Å². The second-order valence-electron chi connectivity index (χ2n) is 4.90. The minimum absolute atomic E-state index is 0.258. The summed E-state index contributed by atoms with van der Waals surface area (Å²) < 4.78 is 5.60. The van der Waals surface area contributed by atoms with Crippen molar-refractivity contribution >= 4 is 23.5 Å². The molecule has 2 heterocycles. The maximum atomic E-state index is 12.0. The van der Waals surface area contributed by atoms with Crippen LogP contribution in [-0.4, -0.2) is 25.0 Å². The number of anilines is 2. The lowest BCUT2D eigenvalue weighted by molar-refractivity contribution is -0.115. The SMILES string of the molecule is CN(C)c1ccc(/C=C2/Oc3cccnc3NC2=O)cc1. The van der Waals surface area contributed by atoms with E-state index in [0.29, 0.717) is 11.6 Å². The highest BCUT2D eigenvalue weighted by molar-refractivity contribution is 6.07. The van der Waals surface area contributed by atoms with Crippen LogP contribution in [0.1, 0.15) is 5.56 Å². The molecule has 0 spiro atoms. The maximum Gasteiger partial charge on any atom is 0.292 e. The van der Waals surface area contributed by atoms with Crippen LogP contribution in [0.25, 0.3) is 6.08 Å². The van der Waals surface area contributed by atoms with Crippen LogP contribution in [0.3, 0.4) is 0 Å². The highest BCUT2D eigenvalue weighted by atomic mass is 16.5. The van der Waals surface area contributed by atoms with Crippen molar-refractivity contribution in [1.29, 1.82) is 0 Å². The highest BCUT2D eigenvalue weighted by Crippen LogP contribution is 2.28. The van der Waals surface area contributed by atoms with Crippen molar-refractivity contribution in [3.05, 3.63) is 53.9 Å². The third kappa shape index (κ3) is 2.72. The van der Waals surface area contributed by atoms with Crippen molar-refractivity contribution in [1.82, 2.24) is 4.98 Å². The van der Waals surface area contributed by atoms with Gasteiger partial charge in [-0.3, -0.25) is 4.79 Å². The van der Waals surface area contributed by atoms with Gasteiger partial charge in [-0.2, -0.15) is 0 Å². The molecule has 0 bridgehead atoms. The highest BCUT2D eigenvalue weighted by Gasteiger charge is 2.22. The summed E-state index contributed by atoms with van der Waals surface area (Å²) in [6.45, 7) is 0. The molecule has 0 atom stereocenters. The van der Waals surface area contributed by atoms with Gasteiger partial charge in [0.1, 0.15) is 0 Å². The number of carbonyl (C=O) groups is 1. The topological polar surface area (TPSA) is 54.5 Å². The normalized spacial score (nSPS) is 15.1. The summed E-state index contributed by atoms with van der Waals surface area (Å²) in [4.78, 5) is 18.1. The van der Waals surface area contributed by atoms with Crippen LogP contribution in [0, 0.1) is 0 Å². The molecule has 106 valence electrons. The van der Waals surface area contributed by atoms with E-state index in [9.17, 15) is 4.79 Å². The number of hydrogen-bond donors (Lipinski definition) is 1. The van der Waals surface area contributed by atoms with Crippen LogP contribution >= 0.6 is 0 Å². The van der Waals surface area contributed by atoms with E-state index in [2.05, 4.69) is 10.3 Å². The second kappa shape index (κ2) is 5.28. The number of nitrogens with zero attached hydrogens (tertiary/aromatic N) is 2. The van der Waals surface area contributed by atoms with Crippen LogP contribution in [0.4, 0.5) is 11.5 Å². The molecule has 1 aromatic carbocycles. The molecular formula is C16H15N3O2. The van der Waals surface area contributed by atoms with E-state index >= 15 is 0 Å². The van der Waals surface area contributed by atoms with E-state index in [-0.39, 0.29) is 11.7 Å². The lowest BCUT2D eigenvalue weighted by Gasteiger charge is -2.18. The van der Waals surface area contributed by atoms with Crippen molar-refractivity contribution in [2.75, 3.05) is 24.3 Å². The standard InChI is InChI=1S/C16H15N3O2/c1-19(2)12-7-5-11(6-8-12)10-14-16(20)18-15-13(21-14)4-3-9-17-15/h3-10H,1-2H3,(H,17,18,20)/b14-10+. The minimum Gasteiger partial charge on any atom is -0.448 e. The van der Waals surface area contributed by atoms with Crippen molar-refractivity contribution in [2.45, 2.75) is 0 Å². The van der Waals surface area contributed by atoms with Gasteiger partial charge in [-0.15, -0.1) is 0 Å². The Morgan fingerprint density at radius 1 is 1.19 bits per heavy atom.